The number of carbonyl (C=O) groups excluding carboxylic acids is 1. The highest BCUT2D eigenvalue weighted by molar-refractivity contribution is 5.91. The Morgan fingerprint density at radius 1 is 1.28 bits per heavy atom. The summed E-state index contributed by atoms with van der Waals surface area (Å²) >= 11 is 0. The molecule has 0 aliphatic carbocycles. The molecule has 0 unspecified atom stereocenters. The summed E-state index contributed by atoms with van der Waals surface area (Å²) in [7, 11) is 1.65. The van der Waals surface area contributed by atoms with Crippen molar-refractivity contribution >= 4 is 11.7 Å². The quantitative estimate of drug-likeness (QED) is 0.810. The minimum atomic E-state index is 0.0232. The average Bonchev–Trinajstić information content (AvgIpc) is 3.26. The Morgan fingerprint density at radius 3 is 2.68 bits per heavy atom. The molecule has 6 heteroatoms. The second kappa shape index (κ2) is 8.16. The second-order valence-corrected chi connectivity index (χ2v) is 6.50. The summed E-state index contributed by atoms with van der Waals surface area (Å²) in [6.07, 6.45) is 3.99. The summed E-state index contributed by atoms with van der Waals surface area (Å²) in [5, 5.41) is 10.2. The SMILES string of the molecule is COc1ccc(-c2[nH]nc(NC(=O)CCCN3CCCC3)c2C)cc1. The fourth-order valence-electron chi connectivity index (χ4n) is 3.22. The van der Waals surface area contributed by atoms with Gasteiger partial charge in [-0.15, -0.1) is 0 Å². The van der Waals surface area contributed by atoms with Crippen LogP contribution in [0.3, 0.4) is 0 Å². The third-order valence-corrected chi connectivity index (χ3v) is 4.72. The summed E-state index contributed by atoms with van der Waals surface area (Å²) in [5.74, 6) is 1.44. The van der Waals surface area contributed by atoms with Gasteiger partial charge >= 0.3 is 0 Å². The van der Waals surface area contributed by atoms with E-state index in [-0.39, 0.29) is 5.91 Å². The first-order chi connectivity index (χ1) is 12.2. The molecule has 25 heavy (non-hydrogen) atoms. The van der Waals surface area contributed by atoms with Gasteiger partial charge in [0.1, 0.15) is 5.75 Å². The summed E-state index contributed by atoms with van der Waals surface area (Å²) in [6.45, 7) is 5.31. The molecule has 2 aromatic rings. The van der Waals surface area contributed by atoms with Gasteiger partial charge in [0.25, 0.3) is 0 Å². The van der Waals surface area contributed by atoms with E-state index in [1.54, 1.807) is 7.11 Å². The van der Waals surface area contributed by atoms with Gasteiger partial charge in [0.2, 0.25) is 5.91 Å². The molecule has 1 aliphatic rings. The van der Waals surface area contributed by atoms with Gasteiger partial charge < -0.3 is 15.0 Å². The standard InChI is InChI=1S/C19H26N4O2/c1-14-18(15-7-9-16(25-2)10-8-15)21-22-19(14)20-17(24)6-5-13-23-11-3-4-12-23/h7-10H,3-6,11-13H2,1-2H3,(H2,20,21,22,24). The molecular weight excluding hydrogens is 316 g/mol. The number of aromatic nitrogens is 2. The first kappa shape index (κ1) is 17.5. The van der Waals surface area contributed by atoms with E-state index in [4.69, 9.17) is 4.74 Å². The molecule has 0 radical (unpaired) electrons. The largest absolute Gasteiger partial charge is 0.497 e. The molecule has 1 aliphatic heterocycles. The van der Waals surface area contributed by atoms with Gasteiger partial charge in [-0.2, -0.15) is 5.10 Å². The lowest BCUT2D eigenvalue weighted by Crippen LogP contribution is -2.22. The van der Waals surface area contributed by atoms with Crippen LogP contribution in [-0.4, -0.2) is 47.7 Å². The number of ether oxygens (including phenoxy) is 1. The van der Waals surface area contributed by atoms with Crippen molar-refractivity contribution in [1.82, 2.24) is 15.1 Å². The van der Waals surface area contributed by atoms with Gasteiger partial charge in [-0.3, -0.25) is 9.89 Å². The maximum atomic E-state index is 12.2. The molecule has 0 bridgehead atoms. The highest BCUT2D eigenvalue weighted by atomic mass is 16.5. The number of hydrogen-bond acceptors (Lipinski definition) is 4. The molecule has 1 saturated heterocycles. The fraction of sp³-hybridized carbons (Fsp3) is 0.474. The zero-order valence-corrected chi connectivity index (χ0v) is 15.0. The number of aromatic amines is 1. The number of benzene rings is 1. The monoisotopic (exact) mass is 342 g/mol. The van der Waals surface area contributed by atoms with Crippen LogP contribution in [0.25, 0.3) is 11.3 Å². The Bertz CT molecular complexity index is 703. The third-order valence-electron chi connectivity index (χ3n) is 4.72. The highest BCUT2D eigenvalue weighted by Crippen LogP contribution is 2.27. The lowest BCUT2D eigenvalue weighted by Gasteiger charge is -2.13. The molecule has 3 rings (SSSR count). The molecule has 134 valence electrons. The van der Waals surface area contributed by atoms with E-state index in [1.807, 2.05) is 31.2 Å². The van der Waals surface area contributed by atoms with Gasteiger partial charge in [-0.05, 0) is 70.1 Å². The number of nitrogens with one attached hydrogen (secondary N) is 2. The van der Waals surface area contributed by atoms with Crippen molar-refractivity contribution in [3.63, 3.8) is 0 Å². The molecule has 6 nitrogen and oxygen atoms in total. The molecule has 0 atom stereocenters. The minimum Gasteiger partial charge on any atom is -0.497 e. The molecule has 2 heterocycles. The van der Waals surface area contributed by atoms with Crippen LogP contribution in [-0.2, 0) is 4.79 Å². The average molecular weight is 342 g/mol. The van der Waals surface area contributed by atoms with Crippen molar-refractivity contribution in [3.05, 3.63) is 29.8 Å². The summed E-state index contributed by atoms with van der Waals surface area (Å²) in [4.78, 5) is 14.6. The van der Waals surface area contributed by atoms with Crippen molar-refractivity contribution < 1.29 is 9.53 Å². The van der Waals surface area contributed by atoms with Crippen LogP contribution >= 0.6 is 0 Å². The molecule has 1 fully saturated rings. The van der Waals surface area contributed by atoms with E-state index in [2.05, 4.69) is 20.4 Å². The Labute approximate surface area is 148 Å². The molecule has 0 saturated carbocycles. The highest BCUT2D eigenvalue weighted by Gasteiger charge is 2.15. The zero-order valence-electron chi connectivity index (χ0n) is 15.0. The molecule has 0 spiro atoms. The number of nitrogens with zero attached hydrogens (tertiary/aromatic N) is 2. The van der Waals surface area contributed by atoms with E-state index >= 15 is 0 Å². The lowest BCUT2D eigenvalue weighted by atomic mass is 10.1. The smallest absolute Gasteiger partial charge is 0.225 e. The van der Waals surface area contributed by atoms with Crippen LogP contribution in [0, 0.1) is 6.92 Å². The maximum Gasteiger partial charge on any atom is 0.225 e. The van der Waals surface area contributed by atoms with Crippen molar-refractivity contribution in [2.45, 2.75) is 32.6 Å². The van der Waals surface area contributed by atoms with E-state index in [0.29, 0.717) is 12.2 Å². The van der Waals surface area contributed by atoms with Gasteiger partial charge in [-0.1, -0.05) is 0 Å². The predicted molar refractivity (Wildman–Crippen MR) is 98.9 cm³/mol. The van der Waals surface area contributed by atoms with Crippen molar-refractivity contribution in [1.29, 1.82) is 0 Å². The lowest BCUT2D eigenvalue weighted by molar-refractivity contribution is -0.116. The molecule has 1 aromatic heterocycles. The van der Waals surface area contributed by atoms with Gasteiger partial charge in [0.05, 0.1) is 12.8 Å². The third kappa shape index (κ3) is 4.39. The number of carbonyl (C=O) groups is 1. The van der Waals surface area contributed by atoms with Crippen molar-refractivity contribution in [2.24, 2.45) is 0 Å². The maximum absolute atomic E-state index is 12.2. The number of methoxy groups -OCH3 is 1. The summed E-state index contributed by atoms with van der Waals surface area (Å²) in [5.41, 5.74) is 2.87. The van der Waals surface area contributed by atoms with E-state index in [1.165, 1.54) is 25.9 Å². The number of rotatable bonds is 7. The zero-order chi connectivity index (χ0) is 17.6. The number of likely N-dealkylation sites (tertiary alicyclic amines) is 1. The van der Waals surface area contributed by atoms with Crippen molar-refractivity contribution in [3.8, 4) is 17.0 Å². The molecule has 1 amide bonds. The Kier molecular flexibility index (Phi) is 5.71. The number of hydrogen-bond donors (Lipinski definition) is 2. The summed E-state index contributed by atoms with van der Waals surface area (Å²) < 4.78 is 5.18. The van der Waals surface area contributed by atoms with Crippen LogP contribution in [0.5, 0.6) is 5.75 Å². The number of anilines is 1. The fourth-order valence-corrected chi connectivity index (χ4v) is 3.22. The molecule has 2 N–H and O–H groups in total. The van der Waals surface area contributed by atoms with Crippen LogP contribution in [0.4, 0.5) is 5.82 Å². The Morgan fingerprint density at radius 2 is 2.00 bits per heavy atom. The van der Waals surface area contributed by atoms with Gasteiger partial charge in [-0.25, -0.2) is 0 Å². The van der Waals surface area contributed by atoms with Gasteiger partial charge in [0, 0.05) is 17.5 Å². The first-order valence-corrected chi connectivity index (χ1v) is 8.89. The van der Waals surface area contributed by atoms with E-state index in [9.17, 15) is 4.79 Å². The van der Waals surface area contributed by atoms with E-state index in [0.717, 1.165) is 35.5 Å². The van der Waals surface area contributed by atoms with E-state index < -0.39 is 0 Å². The predicted octanol–water partition coefficient (Wildman–Crippen LogP) is 3.21. The van der Waals surface area contributed by atoms with Gasteiger partial charge in [0.15, 0.2) is 5.82 Å². The summed E-state index contributed by atoms with van der Waals surface area (Å²) in [6, 6.07) is 7.76. The number of amides is 1. The number of H-pyrrole nitrogens is 1. The normalized spacial score (nSPS) is 14.6. The van der Waals surface area contributed by atoms with Crippen molar-refractivity contribution in [2.75, 3.05) is 32.1 Å². The van der Waals surface area contributed by atoms with Crippen LogP contribution in [0.1, 0.15) is 31.2 Å². The first-order valence-electron chi connectivity index (χ1n) is 8.89. The topological polar surface area (TPSA) is 70.2 Å². The second-order valence-electron chi connectivity index (χ2n) is 6.50. The molecule has 1 aromatic carbocycles. The Hall–Kier alpha value is -2.34. The Balaban J connectivity index is 1.55. The van der Waals surface area contributed by atoms with Crippen LogP contribution in [0.2, 0.25) is 0 Å². The molecular formula is C19H26N4O2. The minimum absolute atomic E-state index is 0.0232. The van der Waals surface area contributed by atoms with Crippen LogP contribution in [0.15, 0.2) is 24.3 Å². The van der Waals surface area contributed by atoms with Crippen LogP contribution < -0.4 is 10.1 Å².